The highest BCUT2D eigenvalue weighted by atomic mass is 31.0. The summed E-state index contributed by atoms with van der Waals surface area (Å²) in [5.41, 5.74) is -9.26. The quantitative estimate of drug-likeness (QED) is 0.0490. The minimum absolute atomic E-state index is 0. The van der Waals surface area contributed by atoms with Gasteiger partial charge in [-0.05, 0) is 325 Å². The summed E-state index contributed by atoms with van der Waals surface area (Å²) in [6.45, 7) is 40.6. The Morgan fingerprint density at radius 2 is 0.973 bits per heavy atom. The number of rotatable bonds is 12. The predicted octanol–water partition coefficient (Wildman–Crippen LogP) is 12.7. The summed E-state index contributed by atoms with van der Waals surface area (Å²) in [7, 11) is 2.40. The van der Waals surface area contributed by atoms with Crippen molar-refractivity contribution in [1.82, 2.24) is 0 Å². The van der Waals surface area contributed by atoms with Crippen LogP contribution in [0.15, 0.2) is 70.9 Å². The third-order valence-corrected chi connectivity index (χ3v) is 48.3. The Morgan fingerprint density at radius 3 is 1.48 bits per heavy atom. The number of carboxylic acid groups (broad SMARTS) is 3. The van der Waals surface area contributed by atoms with Gasteiger partial charge in [-0.3, -0.25) is 43.2 Å². The summed E-state index contributed by atoms with van der Waals surface area (Å²) in [6.07, 6.45) is 15.9. The molecular formula is C116H168FO29P. The summed E-state index contributed by atoms with van der Waals surface area (Å²) >= 11 is 0. The molecule has 0 spiro atoms. The van der Waals surface area contributed by atoms with Crippen molar-refractivity contribution in [2.24, 2.45) is 164 Å². The van der Waals surface area contributed by atoms with Crippen LogP contribution in [0.4, 0.5) is 4.39 Å². The van der Waals surface area contributed by atoms with Gasteiger partial charge in [-0.1, -0.05) is 152 Å². The highest BCUT2D eigenvalue weighted by molar-refractivity contribution is 7.17. The number of alkyl halides is 1. The van der Waals surface area contributed by atoms with Crippen LogP contribution in [0.1, 0.15) is 305 Å². The SMILES string of the molecule is CC1(C)[C@@H](O)CC[C@]2(C)[C@H]3C(=O)C=C4[C@H]5C[C@@](C)(C(=O)O)CC[C@]5(C)CC[C@@]4(C)[C@]3(C)CC[C@@H]12.CC1(C)[C@@H](O[C@H]2O[C@H](C=O)[C@@H](O)[C@H](P)[C@H]2O[C@@H]2O[C@H](C(=O)O)[C@@H](O)[C@H](O)[C@H]2O)CC[C@]2(C)[C@H]3C(=O)C=C4[C@@H]5C[C@@](C)(C(=O)O)CC[C@]5(C)CC[C@@]4(C)[C@]3(C)CC[C@@H]12.C[C@@H]1C[C@H]2[C@@H]3CCC4=CC(=O)C=C[C@]4(C)[C@@]3(F)[C@@H](O)C[C@]2(C)[C@@]1(O)C(=O)CO.C[C@H]1C[C@H]2[C@@H]3CCC4=CC(=O)C=C[C@]4(C)[C@H]3C(=O)C[C@]2(C)[C@@]1(O)C(=O)CO.O. The molecular weight excluding hydrogens is 1910 g/mol. The lowest BCUT2D eigenvalue weighted by atomic mass is 9.33. The standard InChI is InChI=1S/C42H63O14P.C30H46O4.C22H29FO5.C22H28O5.H2O/c1-37(2)23-8-11-42(7)32(21(44)16-19-20-17-39(4,36(51)52)13-12-38(20,3)14-15-41(19,42)6)40(23,5)10-9-24(37)54-35-30(31(57)25(45)22(18-43)53-35)56-34-28(48)26(46)27(47)29(55-34)33(49)50;1-25(2)21-8-11-30(7)23(28(21,5)10-9-22(25)32)20(31)16-18-19-17-27(4,24(33)34)13-12-26(19,3)14-15-29(18,30)6;1-12-8-16-15-5-4-13-9-14(25)6-7-19(13,2)21(15,23)17(26)10-20(16,3)22(12,28)18(27)11-24;1-12-8-16-15-5-4-13-9-14(24)6-7-20(13,2)19(15)17(25)10-21(16,3)22(12,27)18(26)11-23;/h16,18,20,22-32,34-35,45-48H,8-15,17,57H2,1-7H3,(H,49,50)(H,51,52);16,19,21-23,32H,8-15,17H2,1-7H3,(H,33,34);6-7,9,12,15-17,24,26,28H,4-5,8,10-11H2,1-3H3;6-7,9,12,15-16,19,23,27H,4-5,8,10-11H2,1-3H3;1H2/t20-,22+,23-,24-,25+,26-,27-,28+,29-,30+,31-,32+,34-,35+,38+,39-,40-,41+,42+;19-,21+,22+,23-,26-,27+,28+,29-,30-;12-,15+,16+,17+,19+,20+,21+,22+;12-,15-,16-,19+,20-,21-,22-;/m0110./s1. The van der Waals surface area contributed by atoms with Crippen LogP contribution in [-0.2, 0) is 71.7 Å². The smallest absolute Gasteiger partial charge is 0.335 e. The summed E-state index contributed by atoms with van der Waals surface area (Å²) < 4.78 is 41.1. The van der Waals surface area contributed by atoms with E-state index < -0.39 is 188 Å². The highest BCUT2D eigenvalue weighted by Crippen LogP contribution is 2.80. The van der Waals surface area contributed by atoms with Crippen molar-refractivity contribution in [3.8, 4) is 0 Å². The minimum Gasteiger partial charge on any atom is -0.481 e. The van der Waals surface area contributed by atoms with Crippen molar-refractivity contribution in [3.05, 3.63) is 70.9 Å². The van der Waals surface area contributed by atoms with E-state index >= 15 is 4.39 Å². The molecule has 20 rings (SSSR count). The molecule has 0 aromatic heterocycles. The van der Waals surface area contributed by atoms with E-state index in [0.717, 1.165) is 107 Å². The molecule has 818 valence electrons. The number of ketones is 7. The zero-order chi connectivity index (χ0) is 108. The molecule has 16 fully saturated rings. The third-order valence-electron chi connectivity index (χ3n) is 47.5. The van der Waals surface area contributed by atoms with Gasteiger partial charge in [-0.15, -0.1) is 9.24 Å². The Hall–Kier alpha value is -6.03. The first-order valence-electron chi connectivity index (χ1n) is 54.5. The Labute approximate surface area is 866 Å². The fourth-order valence-corrected chi connectivity index (χ4v) is 38.6. The lowest BCUT2D eigenvalue weighted by Crippen LogP contribution is -2.69. The zero-order valence-electron chi connectivity index (χ0n) is 89.9. The average Bonchev–Trinajstić information content (AvgIpc) is 1.51. The van der Waals surface area contributed by atoms with Crippen molar-refractivity contribution in [1.29, 1.82) is 0 Å². The molecule has 44 atom stereocenters. The van der Waals surface area contributed by atoms with E-state index in [2.05, 4.69) is 92.3 Å². The number of carboxylic acids is 3. The molecule has 2 heterocycles. The predicted molar refractivity (Wildman–Crippen MR) is 541 cm³/mol. The van der Waals surface area contributed by atoms with Crippen LogP contribution >= 0.6 is 9.24 Å². The molecule has 1 unspecified atom stereocenters. The van der Waals surface area contributed by atoms with Crippen LogP contribution in [0.25, 0.3) is 0 Å². The highest BCUT2D eigenvalue weighted by Gasteiger charge is 2.79. The van der Waals surface area contributed by atoms with Crippen LogP contribution in [0, 0.1) is 164 Å². The monoisotopic (exact) mass is 2080 g/mol. The van der Waals surface area contributed by atoms with Gasteiger partial charge in [0.1, 0.15) is 60.7 Å². The fourth-order valence-electron chi connectivity index (χ4n) is 38.1. The van der Waals surface area contributed by atoms with E-state index in [9.17, 15) is 119 Å². The Morgan fingerprint density at radius 1 is 0.497 bits per heavy atom. The number of carbonyl (C=O) groups is 11. The molecule has 15 N–H and O–H groups in total. The second kappa shape index (κ2) is 37.4. The molecule has 0 amide bonds. The van der Waals surface area contributed by atoms with Gasteiger partial charge in [0.2, 0.25) is 0 Å². The van der Waals surface area contributed by atoms with Crippen molar-refractivity contribution in [2.45, 2.75) is 402 Å². The number of aliphatic hydroxyl groups excluding tert-OH is 8. The molecule has 14 saturated carbocycles. The first-order chi connectivity index (χ1) is 67.5. The third kappa shape index (κ3) is 15.9. The molecule has 0 aromatic rings. The zero-order valence-corrected chi connectivity index (χ0v) is 91.1. The van der Waals surface area contributed by atoms with Crippen LogP contribution in [0.5, 0.6) is 0 Å². The number of aliphatic carboxylic acids is 3. The van der Waals surface area contributed by atoms with Crippen molar-refractivity contribution >= 4 is 73.9 Å². The van der Waals surface area contributed by atoms with Crippen molar-refractivity contribution in [2.75, 3.05) is 13.2 Å². The first-order valence-corrected chi connectivity index (χ1v) is 55.1. The Kier molecular flexibility index (Phi) is 28.9. The van der Waals surface area contributed by atoms with E-state index in [0.29, 0.717) is 75.6 Å². The second-order valence-electron chi connectivity index (χ2n) is 54.8. The number of aliphatic hydroxyl groups is 10. The summed E-state index contributed by atoms with van der Waals surface area (Å²) in [6, 6.07) is 0. The lowest BCUT2D eigenvalue weighted by Gasteiger charge is -2.70. The summed E-state index contributed by atoms with van der Waals surface area (Å²) in [4.78, 5) is 140. The molecule has 2 aliphatic heterocycles. The van der Waals surface area contributed by atoms with Gasteiger partial charge in [0, 0.05) is 57.4 Å². The fraction of sp³-hybridized carbons (Fsp3) is 0.802. The van der Waals surface area contributed by atoms with Gasteiger partial charge in [0.15, 0.2) is 65.3 Å². The average molecular weight is 2080 g/mol. The molecule has 0 aromatic carbocycles. The Balaban J connectivity index is 0.000000147. The number of hydrogen-bond donors (Lipinski definition) is 13. The van der Waals surface area contributed by atoms with Gasteiger partial charge in [-0.25, -0.2) is 9.18 Å². The molecule has 20 aliphatic rings. The lowest BCUT2D eigenvalue weighted by molar-refractivity contribution is -0.352. The van der Waals surface area contributed by atoms with Crippen LogP contribution in [0.2, 0.25) is 0 Å². The number of Topliss-reactive ketones (excluding diaryl/α,β-unsaturated/α-hetero) is 3. The maximum Gasteiger partial charge on any atom is 0.335 e. The van der Waals surface area contributed by atoms with Gasteiger partial charge < -0.3 is 95.6 Å². The number of fused-ring (bicyclic) bond motifs is 24. The molecule has 0 radical (unpaired) electrons. The number of halogens is 1. The first kappa shape index (κ1) is 114. The molecule has 18 aliphatic carbocycles. The maximum atomic E-state index is 16.9. The van der Waals surface area contributed by atoms with E-state index in [1.54, 1.807) is 39.0 Å². The van der Waals surface area contributed by atoms with Crippen LogP contribution < -0.4 is 0 Å². The molecule has 0 bridgehead atoms. The molecule has 147 heavy (non-hydrogen) atoms. The number of allylic oxidation sites excluding steroid dienone is 12. The van der Waals surface area contributed by atoms with Crippen molar-refractivity contribution in [3.63, 3.8) is 0 Å². The van der Waals surface area contributed by atoms with Crippen LogP contribution in [-0.4, -0.2) is 246 Å². The van der Waals surface area contributed by atoms with Gasteiger partial charge in [-0.2, -0.15) is 0 Å². The second-order valence-corrected chi connectivity index (χ2v) is 55.5. The number of carbonyl (C=O) groups excluding carboxylic acids is 8. The largest absolute Gasteiger partial charge is 0.481 e. The van der Waals surface area contributed by atoms with Gasteiger partial charge >= 0.3 is 17.9 Å². The maximum absolute atomic E-state index is 16.9. The Bertz CT molecular complexity index is 5540. The summed E-state index contributed by atoms with van der Waals surface area (Å²) in [5, 5.41) is 136. The number of ether oxygens (including phenoxy) is 4. The van der Waals surface area contributed by atoms with E-state index in [-0.39, 0.29) is 156 Å². The van der Waals surface area contributed by atoms with E-state index in [4.69, 9.17) is 18.9 Å². The topological polar surface area (TPSA) is 519 Å². The molecule has 31 heteroatoms. The summed E-state index contributed by atoms with van der Waals surface area (Å²) in [5.74, 6) is -5.49. The van der Waals surface area contributed by atoms with Crippen molar-refractivity contribution < 1.29 is 148 Å². The van der Waals surface area contributed by atoms with E-state index in [1.807, 2.05) is 52.8 Å². The van der Waals surface area contributed by atoms with Crippen LogP contribution in [0.3, 0.4) is 0 Å². The van der Waals surface area contributed by atoms with Gasteiger partial charge in [0.25, 0.3) is 0 Å². The molecule has 29 nitrogen and oxygen atoms in total. The van der Waals surface area contributed by atoms with E-state index in [1.165, 1.54) is 17.7 Å². The normalized spacial score (nSPS) is 52.1. The minimum atomic E-state index is -1.98. The number of aldehydes is 1. The van der Waals surface area contributed by atoms with Gasteiger partial charge in [0.05, 0.1) is 35.2 Å². The molecule has 2 saturated heterocycles. The number of hydrogen-bond acceptors (Lipinski definition) is 25.